The minimum Gasteiger partial charge on any atom is -0.469 e. The van der Waals surface area contributed by atoms with Crippen LogP contribution in [-0.2, 0) is 9.53 Å². The fraction of sp³-hybridized carbons (Fsp3) is 0.267. The normalized spacial score (nSPS) is 10.2. The first kappa shape index (κ1) is 14.0. The van der Waals surface area contributed by atoms with E-state index in [0.717, 1.165) is 10.9 Å². The van der Waals surface area contributed by atoms with Crippen molar-refractivity contribution in [3.05, 3.63) is 42.1 Å². The average molecular weight is 272 g/mol. The maximum Gasteiger partial charge on any atom is 0.305 e. The van der Waals surface area contributed by atoms with Crippen molar-refractivity contribution in [2.75, 3.05) is 13.7 Å². The molecule has 5 heteroatoms. The molecule has 1 aromatic heterocycles. The van der Waals surface area contributed by atoms with Gasteiger partial charge in [-0.1, -0.05) is 18.2 Å². The van der Waals surface area contributed by atoms with Gasteiger partial charge in [-0.15, -0.1) is 0 Å². The molecule has 0 aliphatic heterocycles. The SMILES string of the molecule is COC(=O)CCCNC(=O)c1ccnc2ccccc12. The van der Waals surface area contributed by atoms with E-state index in [1.165, 1.54) is 7.11 Å². The second kappa shape index (κ2) is 6.65. The van der Waals surface area contributed by atoms with Gasteiger partial charge < -0.3 is 10.1 Å². The average Bonchev–Trinajstić information content (AvgIpc) is 2.50. The van der Waals surface area contributed by atoms with Gasteiger partial charge in [0.05, 0.1) is 18.2 Å². The molecule has 0 aliphatic rings. The summed E-state index contributed by atoms with van der Waals surface area (Å²) in [4.78, 5) is 27.3. The number of hydrogen-bond acceptors (Lipinski definition) is 4. The lowest BCUT2D eigenvalue weighted by molar-refractivity contribution is -0.140. The van der Waals surface area contributed by atoms with E-state index in [0.29, 0.717) is 24.9 Å². The first-order chi connectivity index (χ1) is 9.72. The fourth-order valence-electron chi connectivity index (χ4n) is 1.93. The molecular formula is C15H16N2O3. The van der Waals surface area contributed by atoms with Crippen LogP contribution < -0.4 is 5.32 Å². The second-order valence-corrected chi connectivity index (χ2v) is 4.31. The number of nitrogens with one attached hydrogen (secondary N) is 1. The highest BCUT2D eigenvalue weighted by Gasteiger charge is 2.09. The van der Waals surface area contributed by atoms with E-state index in [4.69, 9.17) is 0 Å². The number of pyridine rings is 1. The molecule has 1 aromatic carbocycles. The van der Waals surface area contributed by atoms with Crippen LogP contribution in [0.2, 0.25) is 0 Å². The molecule has 0 aliphatic carbocycles. The number of methoxy groups -OCH3 is 1. The summed E-state index contributed by atoms with van der Waals surface area (Å²) in [6.07, 6.45) is 2.47. The van der Waals surface area contributed by atoms with E-state index >= 15 is 0 Å². The zero-order valence-electron chi connectivity index (χ0n) is 11.3. The third-order valence-electron chi connectivity index (χ3n) is 2.96. The Morgan fingerprint density at radius 2 is 2.05 bits per heavy atom. The molecule has 0 saturated carbocycles. The van der Waals surface area contributed by atoms with Gasteiger partial charge in [0.15, 0.2) is 0 Å². The molecule has 2 rings (SSSR count). The van der Waals surface area contributed by atoms with Crippen molar-refractivity contribution in [1.82, 2.24) is 10.3 Å². The third kappa shape index (κ3) is 3.32. The summed E-state index contributed by atoms with van der Waals surface area (Å²) in [5.41, 5.74) is 1.38. The summed E-state index contributed by atoms with van der Waals surface area (Å²) in [5.74, 6) is -0.429. The topological polar surface area (TPSA) is 68.3 Å². The van der Waals surface area contributed by atoms with Crippen LogP contribution in [0.3, 0.4) is 0 Å². The summed E-state index contributed by atoms with van der Waals surface area (Å²) in [6.45, 7) is 0.435. The van der Waals surface area contributed by atoms with E-state index in [1.54, 1.807) is 12.3 Å². The largest absolute Gasteiger partial charge is 0.469 e. The summed E-state index contributed by atoms with van der Waals surface area (Å²) >= 11 is 0. The van der Waals surface area contributed by atoms with Crippen molar-refractivity contribution in [2.24, 2.45) is 0 Å². The highest BCUT2D eigenvalue weighted by Crippen LogP contribution is 2.15. The molecule has 20 heavy (non-hydrogen) atoms. The molecule has 1 heterocycles. The van der Waals surface area contributed by atoms with Crippen molar-refractivity contribution in [2.45, 2.75) is 12.8 Å². The van der Waals surface area contributed by atoms with Crippen LogP contribution in [0.5, 0.6) is 0 Å². The molecule has 0 saturated heterocycles. The molecular weight excluding hydrogens is 256 g/mol. The lowest BCUT2D eigenvalue weighted by Crippen LogP contribution is -2.25. The lowest BCUT2D eigenvalue weighted by Gasteiger charge is -2.07. The number of rotatable bonds is 5. The van der Waals surface area contributed by atoms with Gasteiger partial charge in [0.2, 0.25) is 0 Å². The van der Waals surface area contributed by atoms with Crippen LogP contribution in [0.1, 0.15) is 23.2 Å². The molecule has 5 nitrogen and oxygen atoms in total. The standard InChI is InChI=1S/C15H16N2O3/c1-20-14(18)7-4-9-17-15(19)12-8-10-16-13-6-3-2-5-11(12)13/h2-3,5-6,8,10H,4,7,9H2,1H3,(H,17,19). The van der Waals surface area contributed by atoms with Gasteiger partial charge in [-0.2, -0.15) is 0 Å². The molecule has 1 amide bonds. The maximum absolute atomic E-state index is 12.1. The molecule has 0 fully saturated rings. The predicted octanol–water partition coefficient (Wildman–Crippen LogP) is 1.92. The quantitative estimate of drug-likeness (QED) is 0.667. The van der Waals surface area contributed by atoms with Crippen molar-refractivity contribution in [3.8, 4) is 0 Å². The third-order valence-corrected chi connectivity index (χ3v) is 2.96. The second-order valence-electron chi connectivity index (χ2n) is 4.31. The molecule has 0 atom stereocenters. The van der Waals surface area contributed by atoms with Crippen molar-refractivity contribution < 1.29 is 14.3 Å². The van der Waals surface area contributed by atoms with Crippen molar-refractivity contribution >= 4 is 22.8 Å². The predicted molar refractivity (Wildman–Crippen MR) is 75.3 cm³/mol. The highest BCUT2D eigenvalue weighted by molar-refractivity contribution is 6.05. The van der Waals surface area contributed by atoms with Crippen LogP contribution in [0, 0.1) is 0 Å². The summed E-state index contributed by atoms with van der Waals surface area (Å²) < 4.78 is 4.54. The Labute approximate surface area is 117 Å². The lowest BCUT2D eigenvalue weighted by atomic mass is 10.1. The Kier molecular flexibility index (Phi) is 4.65. The zero-order valence-corrected chi connectivity index (χ0v) is 11.3. The van der Waals surface area contributed by atoms with Crippen molar-refractivity contribution in [3.63, 3.8) is 0 Å². The maximum atomic E-state index is 12.1. The number of carbonyl (C=O) groups is 2. The number of carbonyl (C=O) groups excluding carboxylic acids is 2. The van der Waals surface area contributed by atoms with Crippen LogP contribution in [0.4, 0.5) is 0 Å². The number of ether oxygens (including phenoxy) is 1. The first-order valence-electron chi connectivity index (χ1n) is 6.41. The molecule has 104 valence electrons. The highest BCUT2D eigenvalue weighted by atomic mass is 16.5. The van der Waals surface area contributed by atoms with E-state index < -0.39 is 0 Å². The Morgan fingerprint density at radius 3 is 2.85 bits per heavy atom. The van der Waals surface area contributed by atoms with Gasteiger partial charge in [-0.05, 0) is 18.6 Å². The van der Waals surface area contributed by atoms with Crippen LogP contribution in [0.25, 0.3) is 10.9 Å². The summed E-state index contributed by atoms with van der Waals surface area (Å²) in [5, 5.41) is 3.62. The smallest absolute Gasteiger partial charge is 0.305 e. The number of fused-ring (bicyclic) bond motifs is 1. The molecule has 0 unspecified atom stereocenters. The van der Waals surface area contributed by atoms with Crippen LogP contribution in [-0.4, -0.2) is 30.5 Å². The minimum absolute atomic E-state index is 0.159. The zero-order chi connectivity index (χ0) is 14.4. The number of esters is 1. The summed E-state index contributed by atoms with van der Waals surface area (Å²) in [7, 11) is 1.35. The Bertz CT molecular complexity index is 620. The van der Waals surface area contributed by atoms with E-state index in [1.807, 2.05) is 24.3 Å². The summed E-state index contributed by atoms with van der Waals surface area (Å²) in [6, 6.07) is 9.18. The van der Waals surface area contributed by atoms with Crippen molar-refractivity contribution in [1.29, 1.82) is 0 Å². The van der Waals surface area contributed by atoms with Gasteiger partial charge in [-0.25, -0.2) is 0 Å². The van der Waals surface area contributed by atoms with E-state index in [2.05, 4.69) is 15.0 Å². The molecule has 1 N–H and O–H groups in total. The van der Waals surface area contributed by atoms with Gasteiger partial charge in [0, 0.05) is 24.5 Å². The molecule has 2 aromatic rings. The number of nitrogens with zero attached hydrogens (tertiary/aromatic N) is 1. The number of aromatic nitrogens is 1. The van der Waals surface area contributed by atoms with Crippen LogP contribution in [0.15, 0.2) is 36.5 Å². The number of benzene rings is 1. The number of hydrogen-bond donors (Lipinski definition) is 1. The van der Waals surface area contributed by atoms with Gasteiger partial charge >= 0.3 is 5.97 Å². The Hall–Kier alpha value is -2.43. The molecule has 0 spiro atoms. The van der Waals surface area contributed by atoms with E-state index in [9.17, 15) is 9.59 Å². The Balaban J connectivity index is 1.99. The van der Waals surface area contributed by atoms with Gasteiger partial charge in [0.25, 0.3) is 5.91 Å². The number of amides is 1. The first-order valence-corrected chi connectivity index (χ1v) is 6.41. The monoisotopic (exact) mass is 272 g/mol. The van der Waals surface area contributed by atoms with E-state index in [-0.39, 0.29) is 11.9 Å². The van der Waals surface area contributed by atoms with Gasteiger partial charge in [-0.3, -0.25) is 14.6 Å². The van der Waals surface area contributed by atoms with Crippen LogP contribution >= 0.6 is 0 Å². The molecule has 0 radical (unpaired) electrons. The number of para-hydroxylation sites is 1. The molecule has 0 bridgehead atoms. The Morgan fingerprint density at radius 1 is 1.25 bits per heavy atom. The fourth-order valence-corrected chi connectivity index (χ4v) is 1.93. The van der Waals surface area contributed by atoms with Gasteiger partial charge in [0.1, 0.15) is 0 Å². The minimum atomic E-state index is -0.270.